The third kappa shape index (κ3) is 4.21. The van der Waals surface area contributed by atoms with E-state index in [0.717, 1.165) is 34.3 Å². The van der Waals surface area contributed by atoms with Crippen molar-refractivity contribution in [3.05, 3.63) is 76.4 Å². The summed E-state index contributed by atoms with van der Waals surface area (Å²) < 4.78 is 18.6. The number of amides is 1. The maximum absolute atomic E-state index is 13.1. The number of hydrogen-bond acceptors (Lipinski definition) is 4. The topological polar surface area (TPSA) is 132 Å². The smallest absolute Gasteiger partial charge is 0.434 e. The van der Waals surface area contributed by atoms with Gasteiger partial charge in [-0.25, -0.2) is 4.57 Å². The van der Waals surface area contributed by atoms with Crippen LogP contribution in [0.1, 0.15) is 45.0 Å². The van der Waals surface area contributed by atoms with E-state index < -0.39 is 26.0 Å². The van der Waals surface area contributed by atoms with Crippen molar-refractivity contribution >= 4 is 52.7 Å². The highest BCUT2D eigenvalue weighted by Crippen LogP contribution is 2.45. The second-order valence-corrected chi connectivity index (χ2v) is 10.3. The lowest BCUT2D eigenvalue weighted by atomic mass is 10.0. The van der Waals surface area contributed by atoms with E-state index >= 15 is 0 Å². The van der Waals surface area contributed by atoms with E-state index in [-0.39, 0.29) is 16.9 Å². The minimum absolute atomic E-state index is 0.0919. The van der Waals surface area contributed by atoms with Crippen molar-refractivity contribution in [2.75, 3.05) is 6.61 Å². The molecule has 0 bridgehead atoms. The van der Waals surface area contributed by atoms with Gasteiger partial charge in [0.05, 0.1) is 11.1 Å². The van der Waals surface area contributed by atoms with Gasteiger partial charge in [0.15, 0.2) is 6.61 Å². The molecule has 0 unspecified atom stereocenters. The third-order valence-electron chi connectivity index (χ3n) is 5.96. The first kappa shape index (κ1) is 22.6. The van der Waals surface area contributed by atoms with Gasteiger partial charge >= 0.3 is 7.75 Å². The summed E-state index contributed by atoms with van der Waals surface area (Å²) in [6, 6.07) is 13.6. The van der Waals surface area contributed by atoms with Gasteiger partial charge in [0.25, 0.3) is 5.91 Å². The first-order chi connectivity index (χ1) is 16.1. The molecule has 0 radical (unpaired) electrons. The molecule has 1 fully saturated rings. The zero-order valence-corrected chi connectivity index (χ0v) is 19.4. The first-order valence-electron chi connectivity index (χ1n) is 10.5. The number of Topliss-reactive ketones (excluding diaryl/α,β-unsaturated/α-hetero) is 1. The van der Waals surface area contributed by atoms with Gasteiger partial charge < -0.3 is 20.3 Å². The highest BCUT2D eigenvalue weighted by molar-refractivity contribution is 7.50. The number of ether oxygens (including phenoxy) is 1. The van der Waals surface area contributed by atoms with Crippen molar-refractivity contribution in [2.24, 2.45) is 5.73 Å². The van der Waals surface area contributed by atoms with Gasteiger partial charge in [-0.1, -0.05) is 29.8 Å². The fourth-order valence-electron chi connectivity index (χ4n) is 4.12. The Labute approximate surface area is 199 Å². The quantitative estimate of drug-likeness (QED) is 0.251. The van der Waals surface area contributed by atoms with Crippen molar-refractivity contribution in [1.29, 1.82) is 0 Å². The molecule has 1 aliphatic carbocycles. The van der Waals surface area contributed by atoms with E-state index in [1.165, 1.54) is 0 Å². The Morgan fingerprint density at radius 1 is 1.06 bits per heavy atom. The van der Waals surface area contributed by atoms with Crippen LogP contribution in [0.4, 0.5) is 0 Å². The molecule has 1 aromatic heterocycles. The van der Waals surface area contributed by atoms with E-state index in [1.54, 1.807) is 42.5 Å². The predicted molar refractivity (Wildman–Crippen MR) is 129 cm³/mol. The minimum Gasteiger partial charge on any atom is -0.485 e. The number of benzene rings is 3. The molecule has 10 heteroatoms. The van der Waals surface area contributed by atoms with Crippen LogP contribution in [-0.4, -0.2) is 32.4 Å². The van der Waals surface area contributed by atoms with Crippen molar-refractivity contribution in [3.8, 4) is 5.75 Å². The molecule has 0 aliphatic heterocycles. The summed E-state index contributed by atoms with van der Waals surface area (Å²) in [6.07, 6.45) is 3.22. The highest BCUT2D eigenvalue weighted by Gasteiger charge is 2.28. The summed E-state index contributed by atoms with van der Waals surface area (Å²) in [5.74, 6) is -0.717. The molecule has 4 aromatic rings. The van der Waals surface area contributed by atoms with Crippen LogP contribution in [0.25, 0.3) is 21.7 Å². The molecule has 1 amide bonds. The molecule has 8 nitrogen and oxygen atoms in total. The SMILES string of the molecule is NC(=O)c1cc2cc(Cl)ccc2cc1OCC(=O)c1cn(P(=O)(O)O)c2cc(C3CC3)ccc12. The molecule has 4 N–H and O–H groups in total. The second-order valence-electron chi connectivity index (χ2n) is 8.37. The van der Waals surface area contributed by atoms with Gasteiger partial charge in [-0.3, -0.25) is 13.9 Å². The summed E-state index contributed by atoms with van der Waals surface area (Å²) in [5, 5.41) is 2.35. The lowest BCUT2D eigenvalue weighted by molar-refractivity contribution is 0.0914. The second kappa shape index (κ2) is 8.25. The van der Waals surface area contributed by atoms with E-state index in [1.807, 2.05) is 6.07 Å². The molecular formula is C24H20ClN2O6P. The van der Waals surface area contributed by atoms with E-state index in [0.29, 0.717) is 27.2 Å². The molecule has 0 atom stereocenters. The number of halogens is 1. The number of fused-ring (bicyclic) bond motifs is 2. The van der Waals surface area contributed by atoms with Crippen LogP contribution >= 0.6 is 19.3 Å². The van der Waals surface area contributed by atoms with Crippen LogP contribution < -0.4 is 10.5 Å². The lowest BCUT2D eigenvalue weighted by Gasteiger charge is -2.11. The maximum atomic E-state index is 13.1. The van der Waals surface area contributed by atoms with Crippen LogP contribution in [0.15, 0.2) is 54.7 Å². The molecule has 1 saturated carbocycles. The Hall–Kier alpha value is -3.16. The highest BCUT2D eigenvalue weighted by atomic mass is 35.5. The molecule has 1 aliphatic rings. The number of aromatic nitrogens is 1. The zero-order chi connectivity index (χ0) is 24.2. The van der Waals surface area contributed by atoms with Crippen molar-refractivity contribution < 1.29 is 28.7 Å². The number of hydrogen-bond donors (Lipinski definition) is 3. The normalized spacial score (nSPS) is 14.0. The molecule has 0 spiro atoms. The number of primary amides is 1. The third-order valence-corrected chi connectivity index (χ3v) is 7.09. The Morgan fingerprint density at radius 3 is 2.50 bits per heavy atom. The van der Waals surface area contributed by atoms with Crippen molar-refractivity contribution in [2.45, 2.75) is 18.8 Å². The summed E-state index contributed by atoms with van der Waals surface area (Å²) in [7, 11) is -4.69. The standard InChI is InChI=1S/C24H20ClN2O6P/c25-17-5-3-15-10-23(19(24(26)29)8-16(15)7-17)33-12-22(28)20-11-27(34(30,31)32)21-9-14(13-1-2-13)4-6-18(20)21/h3-11,13H,1-2,12H2,(H2,26,29)(H2,30,31,32). The molecular weight excluding hydrogens is 479 g/mol. The lowest BCUT2D eigenvalue weighted by Crippen LogP contribution is -2.16. The number of ketones is 1. The average molecular weight is 499 g/mol. The van der Waals surface area contributed by atoms with Crippen LogP contribution in [0.5, 0.6) is 5.75 Å². The largest absolute Gasteiger partial charge is 0.485 e. The summed E-state index contributed by atoms with van der Waals surface area (Å²) >= 11 is 6.02. The van der Waals surface area contributed by atoms with E-state index in [9.17, 15) is 23.9 Å². The number of nitrogens with zero attached hydrogens (tertiary/aromatic N) is 1. The average Bonchev–Trinajstić information content (AvgIpc) is 3.55. The molecule has 5 rings (SSSR count). The van der Waals surface area contributed by atoms with E-state index in [2.05, 4.69) is 0 Å². The Balaban J connectivity index is 1.49. The number of nitrogens with two attached hydrogens (primary N) is 1. The van der Waals surface area contributed by atoms with Gasteiger partial charge in [-0.2, -0.15) is 0 Å². The van der Waals surface area contributed by atoms with Gasteiger partial charge in [0.1, 0.15) is 5.75 Å². The molecule has 1 heterocycles. The molecule has 0 saturated heterocycles. The first-order valence-corrected chi connectivity index (χ1v) is 12.5. The number of carbonyl (C=O) groups excluding carboxylic acids is 2. The monoisotopic (exact) mass is 498 g/mol. The van der Waals surface area contributed by atoms with Crippen LogP contribution in [0, 0.1) is 0 Å². The predicted octanol–water partition coefficient (Wildman–Crippen LogP) is 4.63. The van der Waals surface area contributed by atoms with Crippen LogP contribution in [0.3, 0.4) is 0 Å². The molecule has 174 valence electrons. The number of rotatable bonds is 7. The van der Waals surface area contributed by atoms with Gasteiger partial charge in [-0.15, -0.1) is 0 Å². The van der Waals surface area contributed by atoms with Crippen molar-refractivity contribution in [1.82, 2.24) is 4.34 Å². The van der Waals surface area contributed by atoms with Crippen molar-refractivity contribution in [3.63, 3.8) is 0 Å². The molecule has 34 heavy (non-hydrogen) atoms. The summed E-state index contributed by atoms with van der Waals surface area (Å²) in [4.78, 5) is 44.7. The zero-order valence-electron chi connectivity index (χ0n) is 17.8. The fourth-order valence-corrected chi connectivity index (χ4v) is 5.01. The maximum Gasteiger partial charge on any atom is 0.434 e. The van der Waals surface area contributed by atoms with Gasteiger partial charge in [-0.05, 0) is 65.4 Å². The fraction of sp³-hybridized carbons (Fsp3) is 0.167. The summed E-state index contributed by atoms with van der Waals surface area (Å²) in [5.41, 5.74) is 6.99. The van der Waals surface area contributed by atoms with Crippen LogP contribution in [0.2, 0.25) is 5.02 Å². The Morgan fingerprint density at radius 2 is 1.82 bits per heavy atom. The Kier molecular flexibility index (Phi) is 5.49. The van der Waals surface area contributed by atoms with Crippen LogP contribution in [-0.2, 0) is 4.57 Å². The Bertz CT molecular complexity index is 1540. The van der Waals surface area contributed by atoms with Gasteiger partial charge in [0.2, 0.25) is 5.78 Å². The molecule has 3 aromatic carbocycles. The number of carbonyl (C=O) groups is 2. The van der Waals surface area contributed by atoms with E-state index in [4.69, 9.17) is 22.1 Å². The minimum atomic E-state index is -4.69. The van der Waals surface area contributed by atoms with Gasteiger partial charge in [0, 0.05) is 22.2 Å². The summed E-state index contributed by atoms with van der Waals surface area (Å²) in [6.45, 7) is -0.454.